The molecule has 0 saturated carbocycles. The van der Waals surface area contributed by atoms with Gasteiger partial charge in [0.2, 0.25) is 0 Å². The number of rotatable bonds is 2. The number of alkyl halides is 2. The fourth-order valence-electron chi connectivity index (χ4n) is 2.00. The van der Waals surface area contributed by atoms with Gasteiger partial charge in [-0.2, -0.15) is 8.78 Å². The summed E-state index contributed by atoms with van der Waals surface area (Å²) in [6.07, 6.45) is -0.466. The van der Waals surface area contributed by atoms with Crippen LogP contribution in [0.25, 0.3) is 0 Å². The van der Waals surface area contributed by atoms with E-state index in [0.29, 0.717) is 16.9 Å². The Kier molecular flexibility index (Phi) is 3.81. The normalized spacial score (nSPS) is 20.9. The predicted molar refractivity (Wildman–Crippen MR) is 76.1 cm³/mol. The SMILES string of the molecule is COc1cccc2c1CC(F)(F)C2=N[S+]([O-])C(C)(C)C. The van der Waals surface area contributed by atoms with E-state index < -0.39 is 34.2 Å². The van der Waals surface area contributed by atoms with E-state index in [0.717, 1.165) is 0 Å². The van der Waals surface area contributed by atoms with Crippen LogP contribution in [0, 0.1) is 0 Å². The Morgan fingerprint density at radius 3 is 2.55 bits per heavy atom. The molecule has 1 aromatic rings. The van der Waals surface area contributed by atoms with Crippen LogP contribution in [0.2, 0.25) is 0 Å². The van der Waals surface area contributed by atoms with E-state index in [1.165, 1.54) is 7.11 Å². The predicted octanol–water partition coefficient (Wildman–Crippen LogP) is 3.14. The summed E-state index contributed by atoms with van der Waals surface area (Å²) >= 11 is -1.72. The molecule has 3 nitrogen and oxygen atoms in total. The lowest BCUT2D eigenvalue weighted by Gasteiger charge is -2.20. The van der Waals surface area contributed by atoms with Crippen LogP contribution in [-0.2, 0) is 17.8 Å². The van der Waals surface area contributed by atoms with Gasteiger partial charge in [-0.05, 0) is 26.8 Å². The van der Waals surface area contributed by atoms with Gasteiger partial charge in [-0.25, -0.2) is 0 Å². The number of hydrogen-bond donors (Lipinski definition) is 0. The average Bonchev–Trinajstić information content (AvgIpc) is 2.59. The zero-order valence-corrected chi connectivity index (χ0v) is 12.7. The van der Waals surface area contributed by atoms with Crippen LogP contribution < -0.4 is 4.74 Å². The molecule has 0 bridgehead atoms. The summed E-state index contributed by atoms with van der Waals surface area (Å²) in [7, 11) is 1.44. The number of hydrogen-bond acceptors (Lipinski definition) is 3. The zero-order valence-electron chi connectivity index (χ0n) is 11.9. The van der Waals surface area contributed by atoms with Gasteiger partial charge in [-0.1, -0.05) is 16.5 Å². The maximum absolute atomic E-state index is 14.1. The first-order valence-electron chi connectivity index (χ1n) is 6.22. The van der Waals surface area contributed by atoms with Crippen molar-refractivity contribution in [3.05, 3.63) is 29.3 Å². The van der Waals surface area contributed by atoms with Crippen LogP contribution >= 0.6 is 0 Å². The maximum Gasteiger partial charge on any atom is 0.298 e. The van der Waals surface area contributed by atoms with Crippen molar-refractivity contribution in [2.75, 3.05) is 7.11 Å². The van der Waals surface area contributed by atoms with E-state index in [-0.39, 0.29) is 0 Å². The van der Waals surface area contributed by atoms with Gasteiger partial charge in [0.15, 0.2) is 5.71 Å². The minimum atomic E-state index is -3.11. The second-order valence-corrected chi connectivity index (χ2v) is 7.57. The Labute approximate surface area is 120 Å². The van der Waals surface area contributed by atoms with Gasteiger partial charge in [0.05, 0.1) is 7.11 Å². The molecule has 2 rings (SSSR count). The van der Waals surface area contributed by atoms with Gasteiger partial charge in [0, 0.05) is 17.5 Å². The van der Waals surface area contributed by atoms with Gasteiger partial charge < -0.3 is 9.29 Å². The third-order valence-electron chi connectivity index (χ3n) is 3.05. The van der Waals surface area contributed by atoms with Gasteiger partial charge in [0.25, 0.3) is 5.92 Å². The van der Waals surface area contributed by atoms with E-state index >= 15 is 0 Å². The van der Waals surface area contributed by atoms with E-state index in [4.69, 9.17) is 4.74 Å². The number of halogens is 2. The number of fused-ring (bicyclic) bond motifs is 1. The monoisotopic (exact) mass is 301 g/mol. The van der Waals surface area contributed by atoms with Gasteiger partial charge in [0.1, 0.15) is 21.9 Å². The Morgan fingerprint density at radius 2 is 2.00 bits per heavy atom. The van der Waals surface area contributed by atoms with Crippen molar-refractivity contribution in [1.82, 2.24) is 0 Å². The van der Waals surface area contributed by atoms with E-state index in [2.05, 4.69) is 4.40 Å². The van der Waals surface area contributed by atoms with Crippen molar-refractivity contribution >= 4 is 17.1 Å². The molecule has 1 aliphatic carbocycles. The summed E-state index contributed by atoms with van der Waals surface area (Å²) in [5, 5.41) is 0. The summed E-state index contributed by atoms with van der Waals surface area (Å²) in [6, 6.07) is 4.84. The maximum atomic E-state index is 14.1. The molecule has 0 aromatic heterocycles. The number of nitrogens with zero attached hydrogens (tertiary/aromatic N) is 1. The van der Waals surface area contributed by atoms with Gasteiger partial charge in [-0.3, -0.25) is 0 Å². The van der Waals surface area contributed by atoms with Crippen LogP contribution in [0.4, 0.5) is 8.78 Å². The lowest BCUT2D eigenvalue weighted by molar-refractivity contribution is 0.0847. The minimum Gasteiger partial charge on any atom is -0.591 e. The Bertz CT molecular complexity index is 553. The highest BCUT2D eigenvalue weighted by Crippen LogP contribution is 2.40. The summed E-state index contributed by atoms with van der Waals surface area (Å²) in [5.74, 6) is -2.70. The molecule has 0 amide bonds. The minimum absolute atomic E-state index is 0.326. The first-order chi connectivity index (χ1) is 9.16. The molecule has 110 valence electrons. The largest absolute Gasteiger partial charge is 0.591 e. The molecule has 1 aromatic carbocycles. The summed E-state index contributed by atoms with van der Waals surface area (Å²) in [5.41, 5.74) is 0.344. The summed E-state index contributed by atoms with van der Waals surface area (Å²) < 4.78 is 48.6. The molecule has 0 radical (unpaired) electrons. The number of benzene rings is 1. The van der Waals surface area contributed by atoms with Crippen LogP contribution in [0.3, 0.4) is 0 Å². The molecule has 6 heteroatoms. The molecule has 0 N–H and O–H groups in total. The third-order valence-corrected chi connectivity index (χ3v) is 4.45. The zero-order chi connectivity index (χ0) is 15.1. The van der Waals surface area contributed by atoms with Crippen LogP contribution in [0.1, 0.15) is 31.9 Å². The molecule has 0 saturated heterocycles. The summed E-state index contributed by atoms with van der Waals surface area (Å²) in [6.45, 7) is 5.10. The fraction of sp³-hybridized carbons (Fsp3) is 0.500. The van der Waals surface area contributed by atoms with Crippen LogP contribution in [0.5, 0.6) is 5.75 Å². The Hall–Kier alpha value is -1.14. The van der Waals surface area contributed by atoms with Crippen molar-refractivity contribution in [2.24, 2.45) is 4.40 Å². The van der Waals surface area contributed by atoms with Crippen molar-refractivity contribution in [3.8, 4) is 5.75 Å². The first-order valence-corrected chi connectivity index (χ1v) is 7.33. The van der Waals surface area contributed by atoms with Crippen LogP contribution in [0.15, 0.2) is 22.6 Å². The lowest BCUT2D eigenvalue weighted by atomic mass is 10.1. The van der Waals surface area contributed by atoms with Crippen LogP contribution in [-0.4, -0.2) is 28.0 Å². The molecule has 1 atom stereocenters. The fourth-order valence-corrected chi connectivity index (χ4v) is 2.67. The standard InChI is InChI=1S/C14H17F2NO2S/c1-13(2,3)20(18)17-12-9-6-5-7-11(19-4)10(9)8-14(12,15)16/h5-7H,8H2,1-4H3. The molecular weight excluding hydrogens is 284 g/mol. The molecule has 0 spiro atoms. The molecule has 0 heterocycles. The van der Waals surface area contributed by atoms with Crippen molar-refractivity contribution in [3.63, 3.8) is 0 Å². The topological polar surface area (TPSA) is 44.6 Å². The quantitative estimate of drug-likeness (QED) is 0.788. The molecular formula is C14H17F2NO2S. The average molecular weight is 301 g/mol. The molecule has 0 fully saturated rings. The highest BCUT2D eigenvalue weighted by Gasteiger charge is 2.48. The first kappa shape index (κ1) is 15.3. The van der Waals surface area contributed by atoms with E-state index in [9.17, 15) is 13.3 Å². The smallest absolute Gasteiger partial charge is 0.298 e. The van der Waals surface area contributed by atoms with E-state index in [1.54, 1.807) is 39.0 Å². The second kappa shape index (κ2) is 5.00. The van der Waals surface area contributed by atoms with Gasteiger partial charge >= 0.3 is 0 Å². The van der Waals surface area contributed by atoms with E-state index in [1.807, 2.05) is 0 Å². The molecule has 20 heavy (non-hydrogen) atoms. The van der Waals surface area contributed by atoms with Crippen molar-refractivity contribution < 1.29 is 18.1 Å². The molecule has 1 aliphatic rings. The lowest BCUT2D eigenvalue weighted by Crippen LogP contribution is -2.31. The highest BCUT2D eigenvalue weighted by atomic mass is 32.2. The summed E-state index contributed by atoms with van der Waals surface area (Å²) in [4.78, 5) is 0. The van der Waals surface area contributed by atoms with Crippen molar-refractivity contribution in [2.45, 2.75) is 37.9 Å². The highest BCUT2D eigenvalue weighted by molar-refractivity contribution is 7.91. The van der Waals surface area contributed by atoms with Crippen molar-refractivity contribution in [1.29, 1.82) is 0 Å². The Balaban J connectivity index is 2.53. The molecule has 0 aliphatic heterocycles. The number of methoxy groups -OCH3 is 1. The Morgan fingerprint density at radius 1 is 1.35 bits per heavy atom. The second-order valence-electron chi connectivity index (χ2n) is 5.67. The van der Waals surface area contributed by atoms with Gasteiger partial charge in [-0.15, -0.1) is 0 Å². The molecule has 1 unspecified atom stereocenters. The third kappa shape index (κ3) is 2.67. The number of ether oxygens (including phenoxy) is 1.